The molecule has 1 atom stereocenters. The minimum absolute atomic E-state index is 0.226. The molecular formula is C12H16BrFO2. The van der Waals surface area contributed by atoms with Crippen molar-refractivity contribution in [3.63, 3.8) is 0 Å². The summed E-state index contributed by atoms with van der Waals surface area (Å²) in [5.74, 6) is -0.255. The quantitative estimate of drug-likeness (QED) is 0.741. The van der Waals surface area contributed by atoms with Crippen LogP contribution in [0.4, 0.5) is 4.39 Å². The lowest BCUT2D eigenvalue weighted by atomic mass is 10.2. The number of hydrogen-bond donors (Lipinski definition) is 0. The van der Waals surface area contributed by atoms with E-state index in [0.717, 1.165) is 17.3 Å². The summed E-state index contributed by atoms with van der Waals surface area (Å²) in [5, 5.41) is 0. The second-order valence-corrected chi connectivity index (χ2v) is 4.42. The van der Waals surface area contributed by atoms with Gasteiger partial charge in [0.1, 0.15) is 5.82 Å². The second-order valence-electron chi connectivity index (χ2n) is 3.50. The molecule has 1 rings (SSSR count). The molecule has 0 saturated heterocycles. The van der Waals surface area contributed by atoms with Gasteiger partial charge >= 0.3 is 0 Å². The molecule has 0 saturated carbocycles. The molecule has 2 nitrogen and oxygen atoms in total. The van der Waals surface area contributed by atoms with Crippen molar-refractivity contribution in [2.45, 2.75) is 32.7 Å². The third-order valence-corrected chi connectivity index (χ3v) is 2.71. The third-order valence-electron chi connectivity index (χ3n) is 2.22. The Kier molecular flexibility index (Phi) is 5.95. The zero-order valence-corrected chi connectivity index (χ0v) is 11.1. The predicted octanol–water partition coefficient (Wildman–Crippen LogP) is 3.88. The number of hydrogen-bond acceptors (Lipinski definition) is 2. The van der Waals surface area contributed by atoms with Crippen LogP contribution in [0.25, 0.3) is 0 Å². The average molecular weight is 291 g/mol. The summed E-state index contributed by atoms with van der Waals surface area (Å²) < 4.78 is 24.8. The fraction of sp³-hybridized carbons (Fsp3) is 0.500. The normalized spacial score (nSPS) is 12.8. The van der Waals surface area contributed by atoms with Crippen molar-refractivity contribution < 1.29 is 13.9 Å². The van der Waals surface area contributed by atoms with E-state index in [1.54, 1.807) is 19.2 Å². The highest BCUT2D eigenvalue weighted by molar-refractivity contribution is 9.10. The highest BCUT2D eigenvalue weighted by Gasteiger charge is 2.09. The molecule has 0 radical (unpaired) electrons. The molecule has 0 fully saturated rings. The van der Waals surface area contributed by atoms with Gasteiger partial charge in [0.05, 0.1) is 6.61 Å². The van der Waals surface area contributed by atoms with Crippen molar-refractivity contribution >= 4 is 15.9 Å². The molecule has 1 aromatic carbocycles. The maximum Gasteiger partial charge on any atom is 0.157 e. The topological polar surface area (TPSA) is 18.5 Å². The minimum atomic E-state index is -0.261. The minimum Gasteiger partial charge on any atom is -0.356 e. The van der Waals surface area contributed by atoms with Crippen LogP contribution in [0.1, 0.15) is 25.3 Å². The van der Waals surface area contributed by atoms with Crippen LogP contribution >= 0.6 is 15.9 Å². The Morgan fingerprint density at radius 1 is 1.44 bits per heavy atom. The first-order chi connectivity index (χ1) is 7.67. The van der Waals surface area contributed by atoms with E-state index in [4.69, 9.17) is 9.47 Å². The summed E-state index contributed by atoms with van der Waals surface area (Å²) in [6.07, 6.45) is 1.52. The Bertz CT molecular complexity index is 331. The van der Waals surface area contributed by atoms with Crippen molar-refractivity contribution in [2.75, 3.05) is 7.11 Å². The molecule has 0 heterocycles. The van der Waals surface area contributed by atoms with Crippen LogP contribution < -0.4 is 0 Å². The number of benzene rings is 1. The lowest BCUT2D eigenvalue weighted by molar-refractivity contribution is -0.135. The molecule has 0 aromatic heterocycles. The zero-order chi connectivity index (χ0) is 12.0. The van der Waals surface area contributed by atoms with E-state index in [9.17, 15) is 4.39 Å². The number of methoxy groups -OCH3 is 1. The van der Waals surface area contributed by atoms with E-state index >= 15 is 0 Å². The first kappa shape index (κ1) is 13.6. The molecule has 0 spiro atoms. The van der Waals surface area contributed by atoms with Gasteiger partial charge < -0.3 is 9.47 Å². The van der Waals surface area contributed by atoms with Crippen LogP contribution in [-0.4, -0.2) is 13.4 Å². The highest BCUT2D eigenvalue weighted by Crippen LogP contribution is 2.17. The van der Waals surface area contributed by atoms with Crippen LogP contribution in [-0.2, 0) is 16.1 Å². The number of halogens is 2. The summed E-state index contributed by atoms with van der Waals surface area (Å²) in [5.41, 5.74) is 0.535. The van der Waals surface area contributed by atoms with Gasteiger partial charge in [0, 0.05) is 17.1 Å². The van der Waals surface area contributed by atoms with Crippen molar-refractivity contribution in [3.05, 3.63) is 34.1 Å². The Balaban J connectivity index is 2.55. The van der Waals surface area contributed by atoms with Gasteiger partial charge in [-0.2, -0.15) is 0 Å². The van der Waals surface area contributed by atoms with Crippen molar-refractivity contribution in [3.8, 4) is 0 Å². The fourth-order valence-electron chi connectivity index (χ4n) is 1.34. The van der Waals surface area contributed by atoms with Gasteiger partial charge in [-0.1, -0.05) is 29.3 Å². The molecule has 0 N–H and O–H groups in total. The average Bonchev–Trinajstić information content (AvgIpc) is 2.28. The van der Waals surface area contributed by atoms with E-state index in [1.807, 2.05) is 0 Å². The molecule has 1 unspecified atom stereocenters. The first-order valence-corrected chi connectivity index (χ1v) is 6.05. The zero-order valence-electron chi connectivity index (χ0n) is 9.50. The largest absolute Gasteiger partial charge is 0.356 e. The molecule has 0 aliphatic heterocycles. The Morgan fingerprint density at radius 3 is 2.81 bits per heavy atom. The maximum absolute atomic E-state index is 13.4. The van der Waals surface area contributed by atoms with Crippen molar-refractivity contribution in [1.82, 2.24) is 0 Å². The van der Waals surface area contributed by atoms with Gasteiger partial charge in [0.25, 0.3) is 0 Å². The van der Waals surface area contributed by atoms with E-state index in [-0.39, 0.29) is 18.7 Å². The summed E-state index contributed by atoms with van der Waals surface area (Å²) in [6, 6.07) is 4.80. The Hall–Kier alpha value is -0.450. The van der Waals surface area contributed by atoms with Crippen LogP contribution in [0.2, 0.25) is 0 Å². The Labute approximate surface area is 104 Å². The third kappa shape index (κ3) is 4.20. The lowest BCUT2D eigenvalue weighted by Crippen LogP contribution is -2.15. The van der Waals surface area contributed by atoms with E-state index in [1.165, 1.54) is 6.07 Å². The first-order valence-electron chi connectivity index (χ1n) is 5.25. The molecule has 0 aliphatic carbocycles. The molecule has 90 valence electrons. The summed E-state index contributed by atoms with van der Waals surface area (Å²) in [7, 11) is 1.59. The van der Waals surface area contributed by atoms with E-state index in [0.29, 0.717) is 5.56 Å². The van der Waals surface area contributed by atoms with Gasteiger partial charge in [-0.3, -0.25) is 0 Å². The molecule has 0 bridgehead atoms. The van der Waals surface area contributed by atoms with Gasteiger partial charge in [0.15, 0.2) is 6.29 Å². The van der Waals surface area contributed by atoms with Gasteiger partial charge in [0.2, 0.25) is 0 Å². The van der Waals surface area contributed by atoms with Gasteiger partial charge in [-0.15, -0.1) is 0 Å². The van der Waals surface area contributed by atoms with Crippen molar-refractivity contribution in [1.29, 1.82) is 0 Å². The van der Waals surface area contributed by atoms with Gasteiger partial charge in [-0.25, -0.2) is 4.39 Å². The smallest absolute Gasteiger partial charge is 0.157 e. The second kappa shape index (κ2) is 6.99. The summed E-state index contributed by atoms with van der Waals surface area (Å²) >= 11 is 3.30. The highest BCUT2D eigenvalue weighted by atomic mass is 79.9. The number of rotatable bonds is 6. The molecular weight excluding hydrogens is 275 g/mol. The molecule has 0 amide bonds. The van der Waals surface area contributed by atoms with Crippen LogP contribution in [0.3, 0.4) is 0 Å². The van der Waals surface area contributed by atoms with Crippen LogP contribution in [0.15, 0.2) is 22.7 Å². The van der Waals surface area contributed by atoms with Gasteiger partial charge in [-0.05, 0) is 24.6 Å². The predicted molar refractivity (Wildman–Crippen MR) is 64.6 cm³/mol. The monoisotopic (exact) mass is 290 g/mol. The van der Waals surface area contributed by atoms with Crippen LogP contribution in [0.5, 0.6) is 0 Å². The molecule has 4 heteroatoms. The molecule has 0 aliphatic rings. The van der Waals surface area contributed by atoms with Crippen LogP contribution in [0, 0.1) is 5.82 Å². The SMILES string of the molecule is CCCC(OC)OCc1cc(Br)ccc1F. The number of ether oxygens (including phenoxy) is 2. The standard InChI is InChI=1S/C12H16BrFO2/c1-3-4-12(15-2)16-8-9-7-10(13)5-6-11(9)14/h5-7,12H,3-4,8H2,1-2H3. The summed E-state index contributed by atoms with van der Waals surface area (Å²) in [4.78, 5) is 0. The lowest BCUT2D eigenvalue weighted by Gasteiger charge is -2.15. The molecule has 16 heavy (non-hydrogen) atoms. The van der Waals surface area contributed by atoms with Crippen molar-refractivity contribution in [2.24, 2.45) is 0 Å². The maximum atomic E-state index is 13.4. The Morgan fingerprint density at radius 2 is 2.19 bits per heavy atom. The van der Waals surface area contributed by atoms with E-state index in [2.05, 4.69) is 22.9 Å². The molecule has 1 aromatic rings. The summed E-state index contributed by atoms with van der Waals surface area (Å²) in [6.45, 7) is 2.28. The fourth-order valence-corrected chi connectivity index (χ4v) is 1.75. The van der Waals surface area contributed by atoms with E-state index < -0.39 is 0 Å².